The van der Waals surface area contributed by atoms with Crippen molar-refractivity contribution < 1.29 is 44.8 Å². The summed E-state index contributed by atoms with van der Waals surface area (Å²) in [5, 5.41) is 2.73. The number of carbonyl (C=O) groups is 1. The lowest BCUT2D eigenvalue weighted by atomic mass is 10.1. The molecule has 0 aliphatic rings. The molecule has 0 radical (unpaired) electrons. The molecule has 25 heavy (non-hydrogen) atoms. The third kappa shape index (κ3) is 6.42. The number of hydrogen-bond acceptors (Lipinski definition) is 2. The Kier molecular flexibility index (Phi) is 9.89. The molecule has 0 unspecified atom stereocenters. The first-order valence-electron chi connectivity index (χ1n) is 7.68. The predicted molar refractivity (Wildman–Crippen MR) is 88.6 cm³/mol. The van der Waals surface area contributed by atoms with E-state index in [0.717, 1.165) is 11.1 Å². The molecule has 1 amide bonds. The summed E-state index contributed by atoms with van der Waals surface area (Å²) in [4.78, 5) is 15.0. The highest BCUT2D eigenvalue weighted by atomic mass is 35.5. The second-order valence-corrected chi connectivity index (χ2v) is 5.56. The molecule has 0 fully saturated rings. The minimum absolute atomic E-state index is 0. The van der Waals surface area contributed by atoms with E-state index in [-0.39, 0.29) is 36.8 Å². The van der Waals surface area contributed by atoms with Crippen molar-refractivity contribution in [1.29, 1.82) is 0 Å². The van der Waals surface area contributed by atoms with Gasteiger partial charge in [0.1, 0.15) is 5.76 Å². The van der Waals surface area contributed by atoms with Gasteiger partial charge >= 0.3 is 0 Å². The molecule has 0 saturated carbocycles. The Balaban J connectivity index is 0.00000288. The standard InChI is InChI=1S/C17H22N4O2.2ClH/c1-11(2)21-16(19)13-5-3-12(4-6-13)14-7-8-15(23-14)17(22)20-10-9-18;;/h3-8,11H,9-10,18H2,1-2H3,(H2,19,21)(H,20,22);2*1H. The van der Waals surface area contributed by atoms with Crippen LogP contribution in [0, 0.1) is 0 Å². The van der Waals surface area contributed by atoms with Crippen molar-refractivity contribution in [3.63, 3.8) is 0 Å². The minimum atomic E-state index is -0.227. The fourth-order valence-electron chi connectivity index (χ4n) is 2.11. The molecule has 0 aliphatic carbocycles. The van der Waals surface area contributed by atoms with E-state index in [1.54, 1.807) is 12.1 Å². The highest BCUT2D eigenvalue weighted by molar-refractivity contribution is 5.94. The minimum Gasteiger partial charge on any atom is -1.00 e. The van der Waals surface area contributed by atoms with Gasteiger partial charge in [-0.25, -0.2) is 0 Å². The molecule has 7 N–H and O–H groups in total. The van der Waals surface area contributed by atoms with Gasteiger partial charge in [-0.05, 0) is 38.1 Å². The van der Waals surface area contributed by atoms with E-state index >= 15 is 0 Å². The van der Waals surface area contributed by atoms with E-state index in [2.05, 4.69) is 16.0 Å². The lowest BCUT2D eigenvalue weighted by Gasteiger charge is -2.01. The van der Waals surface area contributed by atoms with Crippen LogP contribution in [-0.2, 0) is 0 Å². The summed E-state index contributed by atoms with van der Waals surface area (Å²) in [6.45, 7) is 5.24. The van der Waals surface area contributed by atoms with Crippen LogP contribution in [0.1, 0.15) is 30.0 Å². The summed E-state index contributed by atoms with van der Waals surface area (Å²) in [6, 6.07) is 11.4. The molecule has 138 valence electrons. The second kappa shape index (κ2) is 10.8. The molecule has 0 spiro atoms. The Hall–Kier alpha value is -2.02. The number of hydrogen-bond donors (Lipinski definition) is 4. The molecule has 6 nitrogen and oxygen atoms in total. The average molecular weight is 387 g/mol. The van der Waals surface area contributed by atoms with Gasteiger partial charge in [-0.15, -0.1) is 0 Å². The number of nitrogens with two attached hydrogens (primary N) is 1. The summed E-state index contributed by atoms with van der Waals surface area (Å²) in [7, 11) is 0. The molecule has 8 heteroatoms. The maximum absolute atomic E-state index is 11.8. The number of quaternary nitrogens is 1. The Labute approximate surface area is 159 Å². The molecular formula is C17H24Cl2N4O2. The maximum atomic E-state index is 11.8. The van der Waals surface area contributed by atoms with Crippen LogP contribution in [0.4, 0.5) is 0 Å². The third-order valence-corrected chi connectivity index (χ3v) is 3.22. The SMILES string of the molecule is CC(C)[NH+]=C(N)c1ccc(-c2ccc(C(=O)NCC[NH3+])o2)cc1.[Cl-].[Cl-]. The van der Waals surface area contributed by atoms with Crippen molar-refractivity contribution in [1.82, 2.24) is 5.32 Å². The van der Waals surface area contributed by atoms with Crippen molar-refractivity contribution >= 4 is 11.7 Å². The van der Waals surface area contributed by atoms with Crippen LogP contribution in [0.5, 0.6) is 0 Å². The van der Waals surface area contributed by atoms with Crippen LogP contribution in [0.25, 0.3) is 11.3 Å². The number of amidine groups is 1. The Bertz CT molecular complexity index is 697. The number of benzene rings is 1. The lowest BCUT2D eigenvalue weighted by Crippen LogP contribution is -3.00. The monoisotopic (exact) mass is 386 g/mol. The summed E-state index contributed by atoms with van der Waals surface area (Å²) in [6.07, 6.45) is 0. The molecule has 0 aliphatic heterocycles. The first-order chi connectivity index (χ1) is 11.0. The zero-order valence-electron chi connectivity index (χ0n) is 14.3. The van der Waals surface area contributed by atoms with Gasteiger partial charge in [0.25, 0.3) is 11.7 Å². The molecule has 0 atom stereocenters. The Morgan fingerprint density at radius 3 is 2.40 bits per heavy atom. The van der Waals surface area contributed by atoms with Crippen LogP contribution >= 0.6 is 0 Å². The number of rotatable bonds is 6. The van der Waals surface area contributed by atoms with Crippen molar-refractivity contribution in [3.05, 3.63) is 47.7 Å². The van der Waals surface area contributed by atoms with Gasteiger partial charge in [-0.1, -0.05) is 12.1 Å². The highest BCUT2D eigenvalue weighted by Crippen LogP contribution is 2.22. The first kappa shape index (κ1) is 23.0. The average Bonchev–Trinajstić information content (AvgIpc) is 3.02. The summed E-state index contributed by atoms with van der Waals surface area (Å²) in [5.41, 5.74) is 11.5. The molecule has 1 heterocycles. The second-order valence-electron chi connectivity index (χ2n) is 5.56. The van der Waals surface area contributed by atoms with Gasteiger partial charge in [0.05, 0.1) is 24.7 Å². The van der Waals surface area contributed by atoms with Crippen LogP contribution in [0.3, 0.4) is 0 Å². The summed E-state index contributed by atoms with van der Waals surface area (Å²) >= 11 is 0. The van der Waals surface area contributed by atoms with Crippen LogP contribution in [0.15, 0.2) is 40.8 Å². The highest BCUT2D eigenvalue weighted by Gasteiger charge is 2.12. The van der Waals surface area contributed by atoms with Gasteiger partial charge in [0, 0.05) is 5.56 Å². The Morgan fingerprint density at radius 1 is 1.20 bits per heavy atom. The molecule has 2 rings (SSSR count). The predicted octanol–water partition coefficient (Wildman–Crippen LogP) is -6.88. The van der Waals surface area contributed by atoms with E-state index in [0.29, 0.717) is 30.4 Å². The lowest BCUT2D eigenvalue weighted by molar-refractivity contribution is -0.493. The molecule has 2 aromatic rings. The van der Waals surface area contributed by atoms with E-state index in [4.69, 9.17) is 10.2 Å². The van der Waals surface area contributed by atoms with Gasteiger partial charge in [-0.3, -0.25) is 15.5 Å². The fourth-order valence-corrected chi connectivity index (χ4v) is 2.11. The maximum Gasteiger partial charge on any atom is 0.287 e. The van der Waals surface area contributed by atoms with Crippen LogP contribution in [-0.4, -0.2) is 30.9 Å². The zero-order chi connectivity index (χ0) is 16.8. The molecule has 1 aromatic heterocycles. The van der Waals surface area contributed by atoms with Gasteiger partial charge in [-0.2, -0.15) is 0 Å². The number of halogens is 2. The smallest absolute Gasteiger partial charge is 0.287 e. The number of amides is 1. The molecule has 0 bridgehead atoms. The van der Waals surface area contributed by atoms with Crippen molar-refractivity contribution in [2.45, 2.75) is 19.9 Å². The Morgan fingerprint density at radius 2 is 1.84 bits per heavy atom. The third-order valence-electron chi connectivity index (χ3n) is 3.22. The van der Waals surface area contributed by atoms with Gasteiger partial charge in [0.2, 0.25) is 0 Å². The molecular weight excluding hydrogens is 363 g/mol. The summed E-state index contributed by atoms with van der Waals surface area (Å²) in [5.74, 6) is 1.35. The largest absolute Gasteiger partial charge is 1.00 e. The quantitative estimate of drug-likeness (QED) is 0.292. The van der Waals surface area contributed by atoms with E-state index in [1.165, 1.54) is 0 Å². The van der Waals surface area contributed by atoms with Gasteiger partial charge in [0.15, 0.2) is 5.76 Å². The number of nitrogen functional groups attached to an aromatic ring is 1. The first-order valence-corrected chi connectivity index (χ1v) is 7.68. The topological polar surface area (TPSA) is 110 Å². The van der Waals surface area contributed by atoms with Crippen LogP contribution < -0.4 is 46.6 Å². The van der Waals surface area contributed by atoms with E-state index in [1.807, 2.05) is 38.1 Å². The van der Waals surface area contributed by atoms with Crippen molar-refractivity contribution in [3.8, 4) is 11.3 Å². The number of nitrogens with one attached hydrogen (secondary N) is 2. The van der Waals surface area contributed by atoms with Crippen LogP contribution in [0.2, 0.25) is 0 Å². The molecule has 1 aromatic carbocycles. The number of furan rings is 1. The van der Waals surface area contributed by atoms with Gasteiger partial charge < -0.3 is 40.3 Å². The fraction of sp³-hybridized carbons (Fsp3) is 0.294. The van der Waals surface area contributed by atoms with E-state index < -0.39 is 0 Å². The normalized spacial score (nSPS) is 10.8. The van der Waals surface area contributed by atoms with E-state index in [9.17, 15) is 4.79 Å². The van der Waals surface area contributed by atoms with Crippen molar-refractivity contribution in [2.75, 3.05) is 13.1 Å². The van der Waals surface area contributed by atoms with Crippen molar-refractivity contribution in [2.24, 2.45) is 5.73 Å². The number of carbonyl (C=O) groups excluding carboxylic acids is 1. The zero-order valence-corrected chi connectivity index (χ0v) is 15.8. The molecule has 0 saturated heterocycles. The summed E-state index contributed by atoms with van der Waals surface area (Å²) < 4.78 is 5.61.